The number of aliphatic hydroxyl groups excluding tert-OH is 1. The van der Waals surface area contributed by atoms with Gasteiger partial charge in [0, 0.05) is 0 Å². The summed E-state index contributed by atoms with van der Waals surface area (Å²) in [5, 5.41) is 9.60. The quantitative estimate of drug-likeness (QED) is 0.636. The van der Waals surface area contributed by atoms with Gasteiger partial charge in [-0.1, -0.05) is 12.1 Å². The molecule has 0 amide bonds. The van der Waals surface area contributed by atoms with Crippen LogP contribution >= 0.6 is 0 Å². The van der Waals surface area contributed by atoms with E-state index >= 15 is 0 Å². The van der Waals surface area contributed by atoms with Crippen LogP contribution in [0.1, 0.15) is 48.6 Å². The summed E-state index contributed by atoms with van der Waals surface area (Å²) in [6.45, 7) is 16.1. The zero-order valence-corrected chi connectivity index (χ0v) is 18.8. The van der Waals surface area contributed by atoms with Gasteiger partial charge in [-0.2, -0.15) is 0 Å². The SMILES string of the molecule is Cc1cc(-c2cc(C)c(C(C)(C)OCC(C)O)c(C)c2)cc(C)c1OCC1CO1. The zero-order chi connectivity index (χ0) is 21.3. The summed E-state index contributed by atoms with van der Waals surface area (Å²) in [4.78, 5) is 0. The number of rotatable bonds is 8. The Labute approximate surface area is 174 Å². The Kier molecular flexibility index (Phi) is 6.37. The van der Waals surface area contributed by atoms with Crippen LogP contribution in [0.25, 0.3) is 11.1 Å². The summed E-state index contributed by atoms with van der Waals surface area (Å²) in [5.41, 5.74) is 7.77. The Morgan fingerprint density at radius 1 is 1.00 bits per heavy atom. The maximum atomic E-state index is 9.60. The third-order valence-electron chi connectivity index (χ3n) is 5.43. The topological polar surface area (TPSA) is 51.2 Å². The third kappa shape index (κ3) is 5.19. The van der Waals surface area contributed by atoms with Gasteiger partial charge in [0.15, 0.2) is 0 Å². The first-order valence-corrected chi connectivity index (χ1v) is 10.4. The van der Waals surface area contributed by atoms with E-state index < -0.39 is 11.7 Å². The summed E-state index contributed by atoms with van der Waals surface area (Å²) in [5.74, 6) is 0.960. The first-order valence-electron chi connectivity index (χ1n) is 10.4. The molecule has 4 heteroatoms. The van der Waals surface area contributed by atoms with Gasteiger partial charge in [0.1, 0.15) is 18.5 Å². The maximum Gasteiger partial charge on any atom is 0.125 e. The van der Waals surface area contributed by atoms with Crippen molar-refractivity contribution in [2.75, 3.05) is 19.8 Å². The van der Waals surface area contributed by atoms with Crippen molar-refractivity contribution >= 4 is 0 Å². The average Bonchev–Trinajstić information content (AvgIpc) is 3.42. The van der Waals surface area contributed by atoms with Crippen LogP contribution in [0.2, 0.25) is 0 Å². The Hall–Kier alpha value is -1.88. The number of hydrogen-bond acceptors (Lipinski definition) is 4. The van der Waals surface area contributed by atoms with Crippen LogP contribution in [0.4, 0.5) is 0 Å². The lowest BCUT2D eigenvalue weighted by Gasteiger charge is -2.30. The molecule has 1 saturated heterocycles. The Bertz CT molecular complexity index is 832. The minimum Gasteiger partial charge on any atom is -0.490 e. The highest BCUT2D eigenvalue weighted by molar-refractivity contribution is 5.70. The van der Waals surface area contributed by atoms with E-state index in [4.69, 9.17) is 14.2 Å². The van der Waals surface area contributed by atoms with E-state index in [0.29, 0.717) is 13.2 Å². The van der Waals surface area contributed by atoms with Crippen molar-refractivity contribution in [1.82, 2.24) is 0 Å². The van der Waals surface area contributed by atoms with Crippen molar-refractivity contribution in [1.29, 1.82) is 0 Å². The smallest absolute Gasteiger partial charge is 0.125 e. The lowest BCUT2D eigenvalue weighted by molar-refractivity contribution is -0.0592. The fourth-order valence-corrected chi connectivity index (χ4v) is 4.17. The molecule has 0 radical (unpaired) electrons. The summed E-state index contributed by atoms with van der Waals surface area (Å²) in [6.07, 6.45) is -0.224. The van der Waals surface area contributed by atoms with Crippen LogP contribution in [-0.4, -0.2) is 37.1 Å². The molecule has 1 aliphatic heterocycles. The molecule has 1 fully saturated rings. The number of epoxide rings is 1. The molecule has 2 atom stereocenters. The van der Waals surface area contributed by atoms with E-state index in [0.717, 1.165) is 23.5 Å². The van der Waals surface area contributed by atoms with Crippen LogP contribution in [0.15, 0.2) is 24.3 Å². The number of aliphatic hydroxyl groups is 1. The Balaban J connectivity index is 1.89. The highest BCUT2D eigenvalue weighted by Crippen LogP contribution is 2.36. The molecule has 2 unspecified atom stereocenters. The lowest BCUT2D eigenvalue weighted by atomic mass is 9.86. The van der Waals surface area contributed by atoms with Gasteiger partial charge in [-0.3, -0.25) is 0 Å². The van der Waals surface area contributed by atoms with Gasteiger partial charge in [0.25, 0.3) is 0 Å². The second kappa shape index (κ2) is 8.47. The monoisotopic (exact) mass is 398 g/mol. The van der Waals surface area contributed by atoms with Crippen molar-refractivity contribution in [3.63, 3.8) is 0 Å². The molecule has 0 aromatic heterocycles. The summed E-state index contributed by atoms with van der Waals surface area (Å²) in [6, 6.07) is 8.84. The Morgan fingerprint density at radius 3 is 1.93 bits per heavy atom. The van der Waals surface area contributed by atoms with Gasteiger partial charge >= 0.3 is 0 Å². The normalized spacial score (nSPS) is 17.3. The largest absolute Gasteiger partial charge is 0.490 e. The number of hydrogen-bond donors (Lipinski definition) is 1. The highest BCUT2D eigenvalue weighted by Gasteiger charge is 2.27. The van der Waals surface area contributed by atoms with Crippen LogP contribution in [0.5, 0.6) is 5.75 Å². The standard InChI is InChI=1S/C25H34O4/c1-15-8-20(9-16(2)23(15)25(6,7)29-12-19(5)26)21-10-17(3)24(18(4)11-21)28-14-22-13-27-22/h8-11,19,22,26H,12-14H2,1-7H3. The first kappa shape index (κ1) is 21.8. The molecular weight excluding hydrogens is 364 g/mol. The van der Waals surface area contributed by atoms with Gasteiger partial charge in [-0.25, -0.2) is 0 Å². The molecule has 2 aromatic rings. The van der Waals surface area contributed by atoms with Crippen LogP contribution in [0, 0.1) is 27.7 Å². The summed E-state index contributed by atoms with van der Waals surface area (Å²) in [7, 11) is 0. The van der Waals surface area contributed by atoms with E-state index in [2.05, 4.69) is 65.8 Å². The molecule has 158 valence electrons. The number of aryl methyl sites for hydroxylation is 4. The molecule has 29 heavy (non-hydrogen) atoms. The van der Waals surface area contributed by atoms with E-state index in [1.54, 1.807) is 6.92 Å². The predicted molar refractivity (Wildman–Crippen MR) is 117 cm³/mol. The van der Waals surface area contributed by atoms with Gasteiger partial charge in [-0.05, 0) is 99.5 Å². The second-order valence-electron chi connectivity index (χ2n) is 8.86. The molecular formula is C25H34O4. The number of ether oxygens (including phenoxy) is 3. The minimum absolute atomic E-state index is 0.255. The van der Waals surface area contributed by atoms with E-state index in [-0.39, 0.29) is 6.10 Å². The van der Waals surface area contributed by atoms with Crippen molar-refractivity contribution in [2.24, 2.45) is 0 Å². The summed E-state index contributed by atoms with van der Waals surface area (Å²) < 4.78 is 17.2. The molecule has 0 aliphatic carbocycles. The molecule has 4 nitrogen and oxygen atoms in total. The highest BCUT2D eigenvalue weighted by atomic mass is 16.6. The van der Waals surface area contributed by atoms with E-state index in [1.807, 2.05) is 0 Å². The van der Waals surface area contributed by atoms with Crippen molar-refractivity contribution in [2.45, 2.75) is 66.3 Å². The lowest BCUT2D eigenvalue weighted by Crippen LogP contribution is -2.28. The van der Waals surface area contributed by atoms with Crippen LogP contribution in [0.3, 0.4) is 0 Å². The van der Waals surface area contributed by atoms with E-state index in [9.17, 15) is 5.11 Å². The van der Waals surface area contributed by atoms with Gasteiger partial charge < -0.3 is 19.3 Å². The van der Waals surface area contributed by atoms with Crippen molar-refractivity contribution < 1.29 is 19.3 Å². The Morgan fingerprint density at radius 2 is 1.48 bits per heavy atom. The minimum atomic E-state index is -0.479. The molecule has 3 rings (SSSR count). The van der Waals surface area contributed by atoms with Crippen LogP contribution < -0.4 is 4.74 Å². The molecule has 1 N–H and O–H groups in total. The average molecular weight is 399 g/mol. The second-order valence-corrected chi connectivity index (χ2v) is 8.86. The molecule has 2 aromatic carbocycles. The maximum absolute atomic E-state index is 9.60. The first-order chi connectivity index (χ1) is 13.6. The van der Waals surface area contributed by atoms with Crippen molar-refractivity contribution in [3.8, 4) is 16.9 Å². The van der Waals surface area contributed by atoms with Gasteiger partial charge in [0.05, 0.1) is 24.9 Å². The van der Waals surface area contributed by atoms with Crippen molar-refractivity contribution in [3.05, 3.63) is 52.1 Å². The van der Waals surface area contributed by atoms with Crippen LogP contribution in [-0.2, 0) is 15.1 Å². The molecule has 1 heterocycles. The third-order valence-corrected chi connectivity index (χ3v) is 5.43. The zero-order valence-electron chi connectivity index (χ0n) is 18.8. The predicted octanol–water partition coefficient (Wildman–Crippen LogP) is 5.00. The van der Waals surface area contributed by atoms with E-state index in [1.165, 1.54) is 27.8 Å². The fourth-order valence-electron chi connectivity index (χ4n) is 4.17. The van der Waals surface area contributed by atoms with Gasteiger partial charge in [0.2, 0.25) is 0 Å². The molecule has 0 saturated carbocycles. The molecule has 1 aliphatic rings. The molecule has 0 spiro atoms. The fraction of sp³-hybridized carbons (Fsp3) is 0.520. The summed E-state index contributed by atoms with van der Waals surface area (Å²) >= 11 is 0. The molecule has 0 bridgehead atoms. The van der Waals surface area contributed by atoms with Gasteiger partial charge in [-0.15, -0.1) is 0 Å². The number of benzene rings is 2.